The lowest BCUT2D eigenvalue weighted by Crippen LogP contribution is -2.45. The van der Waals surface area contributed by atoms with Crippen LogP contribution in [0.3, 0.4) is 0 Å². The number of ether oxygens (including phenoxy) is 2. The maximum Gasteiger partial charge on any atom is 0.337 e. The van der Waals surface area contributed by atoms with Crippen molar-refractivity contribution in [1.82, 2.24) is 4.31 Å². The van der Waals surface area contributed by atoms with Crippen molar-refractivity contribution in [2.24, 2.45) is 0 Å². The van der Waals surface area contributed by atoms with E-state index in [0.717, 1.165) is 35.7 Å². The Morgan fingerprint density at radius 3 is 2.00 bits per heavy atom. The lowest BCUT2D eigenvalue weighted by molar-refractivity contribution is -0.116. The van der Waals surface area contributed by atoms with Gasteiger partial charge >= 0.3 is 11.9 Å². The van der Waals surface area contributed by atoms with Gasteiger partial charge in [-0.3, -0.25) is 4.79 Å². The van der Waals surface area contributed by atoms with Crippen molar-refractivity contribution in [2.45, 2.75) is 43.0 Å². The molecule has 0 heterocycles. The lowest BCUT2D eigenvalue weighted by Gasteiger charge is -2.33. The summed E-state index contributed by atoms with van der Waals surface area (Å²) in [4.78, 5) is 36.9. The van der Waals surface area contributed by atoms with E-state index in [9.17, 15) is 27.2 Å². The molecule has 0 atom stereocenters. The van der Waals surface area contributed by atoms with Gasteiger partial charge in [-0.05, 0) is 55.3 Å². The molecule has 3 rings (SSSR count). The fourth-order valence-corrected chi connectivity index (χ4v) is 5.68. The molecule has 9 nitrogen and oxygen atoms in total. The van der Waals surface area contributed by atoms with E-state index in [1.165, 1.54) is 44.6 Å². The number of carbonyl (C=O) groups is 3. The Morgan fingerprint density at radius 2 is 1.49 bits per heavy atom. The van der Waals surface area contributed by atoms with Crippen LogP contribution in [-0.4, -0.2) is 57.4 Å². The first kappa shape index (κ1) is 26.3. The number of benzene rings is 2. The second kappa shape index (κ2) is 11.4. The maximum atomic E-state index is 13.4. The van der Waals surface area contributed by atoms with Crippen LogP contribution in [0, 0.1) is 5.82 Å². The number of halogens is 1. The molecule has 11 heteroatoms. The lowest BCUT2D eigenvalue weighted by atomic mass is 9.95. The van der Waals surface area contributed by atoms with Crippen LogP contribution in [0.2, 0.25) is 0 Å². The van der Waals surface area contributed by atoms with Crippen LogP contribution in [0.25, 0.3) is 0 Å². The number of nitrogens with one attached hydrogen (secondary N) is 1. The first-order chi connectivity index (χ1) is 16.6. The third-order valence-electron chi connectivity index (χ3n) is 5.76. The van der Waals surface area contributed by atoms with Crippen molar-refractivity contribution in [3.05, 3.63) is 59.4 Å². The number of carbonyl (C=O) groups excluding carboxylic acids is 3. The van der Waals surface area contributed by atoms with Crippen molar-refractivity contribution in [3.8, 4) is 0 Å². The van der Waals surface area contributed by atoms with E-state index in [4.69, 9.17) is 9.47 Å². The first-order valence-electron chi connectivity index (χ1n) is 11.0. The molecule has 2 aromatic carbocycles. The molecule has 1 saturated carbocycles. The molecule has 0 radical (unpaired) electrons. The normalized spacial score (nSPS) is 14.4. The van der Waals surface area contributed by atoms with E-state index in [2.05, 4.69) is 5.32 Å². The molecule has 1 aliphatic rings. The van der Waals surface area contributed by atoms with Crippen molar-refractivity contribution in [3.63, 3.8) is 0 Å². The second-order valence-electron chi connectivity index (χ2n) is 8.13. The van der Waals surface area contributed by atoms with Gasteiger partial charge in [0.1, 0.15) is 5.82 Å². The van der Waals surface area contributed by atoms with Gasteiger partial charge in [0.25, 0.3) is 0 Å². The van der Waals surface area contributed by atoms with Crippen molar-refractivity contribution in [2.75, 3.05) is 26.1 Å². The zero-order chi connectivity index (χ0) is 25.6. The molecule has 0 spiro atoms. The fourth-order valence-electron chi connectivity index (χ4n) is 4.03. The van der Waals surface area contributed by atoms with Crippen LogP contribution >= 0.6 is 0 Å². The summed E-state index contributed by atoms with van der Waals surface area (Å²) in [6.45, 7) is -0.500. The van der Waals surface area contributed by atoms with Gasteiger partial charge in [0, 0.05) is 11.7 Å². The summed E-state index contributed by atoms with van der Waals surface area (Å²) >= 11 is 0. The molecular weight excluding hydrogens is 479 g/mol. The molecule has 1 N–H and O–H groups in total. The van der Waals surface area contributed by atoms with E-state index in [1.54, 1.807) is 0 Å². The van der Waals surface area contributed by atoms with Gasteiger partial charge in [-0.15, -0.1) is 0 Å². The van der Waals surface area contributed by atoms with Gasteiger partial charge in [0.15, 0.2) is 0 Å². The standard InChI is InChI=1S/C24H27FN2O7S/c1-33-23(29)16-12-17(24(30)34-2)14-19(13-16)26-22(28)15-27(20-6-4-3-5-7-20)35(31,32)21-10-8-18(25)9-11-21/h8-14,20H,3-7,15H2,1-2H3,(H,26,28). The van der Waals surface area contributed by atoms with Crippen molar-refractivity contribution in [1.29, 1.82) is 0 Å². The van der Waals surface area contributed by atoms with Crippen LogP contribution in [0.4, 0.5) is 10.1 Å². The number of nitrogens with zero attached hydrogens (tertiary/aromatic N) is 1. The predicted octanol–water partition coefficient (Wildman–Crippen LogP) is 3.36. The largest absolute Gasteiger partial charge is 0.465 e. The molecule has 188 valence electrons. The Balaban J connectivity index is 1.89. The first-order valence-corrected chi connectivity index (χ1v) is 12.5. The van der Waals surface area contributed by atoms with Crippen LogP contribution < -0.4 is 5.32 Å². The maximum absolute atomic E-state index is 13.4. The van der Waals surface area contributed by atoms with Crippen LogP contribution in [-0.2, 0) is 24.3 Å². The zero-order valence-corrected chi connectivity index (χ0v) is 20.3. The molecule has 1 aliphatic carbocycles. The average Bonchev–Trinajstić information content (AvgIpc) is 2.86. The summed E-state index contributed by atoms with van der Waals surface area (Å²) < 4.78 is 50.7. The monoisotopic (exact) mass is 506 g/mol. The third kappa shape index (κ3) is 6.43. The van der Waals surface area contributed by atoms with Crippen molar-refractivity contribution < 1.29 is 36.7 Å². The summed E-state index contributed by atoms with van der Waals surface area (Å²) in [6, 6.07) is 7.95. The highest BCUT2D eigenvalue weighted by atomic mass is 32.2. The van der Waals surface area contributed by atoms with Crippen LogP contribution in [0.15, 0.2) is 47.4 Å². The van der Waals surface area contributed by atoms with Gasteiger partial charge < -0.3 is 14.8 Å². The zero-order valence-electron chi connectivity index (χ0n) is 19.5. The molecule has 0 aromatic heterocycles. The number of hydrogen-bond acceptors (Lipinski definition) is 7. The summed E-state index contributed by atoms with van der Waals surface area (Å²) in [5, 5.41) is 2.56. The van der Waals surface area contributed by atoms with Gasteiger partial charge in [0.2, 0.25) is 15.9 Å². The minimum Gasteiger partial charge on any atom is -0.465 e. The van der Waals surface area contributed by atoms with E-state index >= 15 is 0 Å². The van der Waals surface area contributed by atoms with E-state index in [1.807, 2.05) is 0 Å². The Bertz CT molecular complexity index is 1160. The molecular formula is C24H27FN2O7S. The van der Waals surface area contributed by atoms with Gasteiger partial charge in [-0.1, -0.05) is 19.3 Å². The minimum atomic E-state index is -4.10. The average molecular weight is 507 g/mol. The SMILES string of the molecule is COC(=O)c1cc(NC(=O)CN(C2CCCCC2)S(=O)(=O)c2ccc(F)cc2)cc(C(=O)OC)c1. The van der Waals surface area contributed by atoms with Gasteiger partial charge in [0.05, 0.1) is 36.8 Å². The molecule has 0 saturated heterocycles. The highest BCUT2D eigenvalue weighted by Gasteiger charge is 2.34. The summed E-state index contributed by atoms with van der Waals surface area (Å²) in [6.07, 6.45) is 3.82. The molecule has 35 heavy (non-hydrogen) atoms. The third-order valence-corrected chi connectivity index (χ3v) is 7.67. The highest BCUT2D eigenvalue weighted by Crippen LogP contribution is 2.28. The summed E-state index contributed by atoms with van der Waals surface area (Å²) in [5.41, 5.74) is 0.114. The molecule has 0 unspecified atom stereocenters. The minimum absolute atomic E-state index is 0.00812. The second-order valence-corrected chi connectivity index (χ2v) is 10.0. The van der Waals surface area contributed by atoms with E-state index < -0.39 is 46.3 Å². The number of hydrogen-bond donors (Lipinski definition) is 1. The van der Waals surface area contributed by atoms with Gasteiger partial charge in [-0.25, -0.2) is 22.4 Å². The molecule has 0 bridgehead atoms. The van der Waals surface area contributed by atoms with Gasteiger partial charge in [-0.2, -0.15) is 4.31 Å². The Kier molecular flexibility index (Phi) is 8.57. The molecule has 1 fully saturated rings. The number of methoxy groups -OCH3 is 2. The summed E-state index contributed by atoms with van der Waals surface area (Å²) in [7, 11) is -1.75. The Morgan fingerprint density at radius 1 is 0.943 bits per heavy atom. The highest BCUT2D eigenvalue weighted by molar-refractivity contribution is 7.89. The molecule has 2 aromatic rings. The molecule has 0 aliphatic heterocycles. The van der Waals surface area contributed by atoms with Crippen LogP contribution in [0.1, 0.15) is 52.8 Å². The number of amides is 1. The Hall–Kier alpha value is -3.31. The smallest absolute Gasteiger partial charge is 0.337 e. The predicted molar refractivity (Wildman–Crippen MR) is 125 cm³/mol. The topological polar surface area (TPSA) is 119 Å². The van der Waals surface area contributed by atoms with E-state index in [0.29, 0.717) is 12.8 Å². The molecule has 1 amide bonds. The van der Waals surface area contributed by atoms with Crippen molar-refractivity contribution >= 4 is 33.6 Å². The summed E-state index contributed by atoms with van der Waals surface area (Å²) in [5.74, 6) is -2.69. The van der Waals surface area contributed by atoms with Crippen LogP contribution in [0.5, 0.6) is 0 Å². The fraction of sp³-hybridized carbons (Fsp3) is 0.375. The number of anilines is 1. The Labute approximate surface area is 203 Å². The number of sulfonamides is 1. The number of rotatable bonds is 8. The van der Waals surface area contributed by atoms with E-state index in [-0.39, 0.29) is 21.7 Å². The quantitative estimate of drug-likeness (QED) is 0.545. The number of esters is 2.